The lowest BCUT2D eigenvalue weighted by atomic mass is 9.96. The van der Waals surface area contributed by atoms with Crippen molar-refractivity contribution in [2.75, 3.05) is 19.6 Å². The second-order valence-corrected chi connectivity index (χ2v) is 4.62. The van der Waals surface area contributed by atoms with Crippen molar-refractivity contribution in [3.63, 3.8) is 0 Å². The first kappa shape index (κ1) is 12.2. The van der Waals surface area contributed by atoms with Crippen molar-refractivity contribution < 1.29 is 4.79 Å². The van der Waals surface area contributed by atoms with Crippen molar-refractivity contribution in [1.29, 1.82) is 0 Å². The van der Waals surface area contributed by atoms with Crippen LogP contribution in [0, 0.1) is 11.8 Å². The zero-order chi connectivity index (χ0) is 11.4. The van der Waals surface area contributed by atoms with Gasteiger partial charge in [-0.25, -0.2) is 0 Å². The fourth-order valence-corrected chi connectivity index (χ4v) is 2.05. The average molecular weight is 210 g/mol. The maximum absolute atomic E-state index is 12.2. The lowest BCUT2D eigenvalue weighted by molar-refractivity contribution is -0.137. The summed E-state index contributed by atoms with van der Waals surface area (Å²) in [6, 6.07) is 0.253. The van der Waals surface area contributed by atoms with Gasteiger partial charge in [0.25, 0.3) is 0 Å². The van der Waals surface area contributed by atoms with Gasteiger partial charge in [0.05, 0.1) is 5.92 Å². The number of hydrogen-bond donors (Lipinski definition) is 1. The predicted octanol–water partition coefficient (Wildman–Crippen LogP) is 1.26. The van der Waals surface area contributed by atoms with Crippen LogP contribution in [0.25, 0.3) is 0 Å². The van der Waals surface area contributed by atoms with E-state index in [2.05, 4.69) is 32.7 Å². The van der Waals surface area contributed by atoms with E-state index >= 15 is 0 Å². The predicted molar refractivity (Wildman–Crippen MR) is 62.6 cm³/mol. The third-order valence-corrected chi connectivity index (χ3v) is 3.07. The Kier molecular flexibility index (Phi) is 4.33. The molecule has 0 aromatic carbocycles. The molecule has 1 saturated heterocycles. The van der Waals surface area contributed by atoms with E-state index in [0.29, 0.717) is 12.5 Å². The highest BCUT2D eigenvalue weighted by atomic mass is 16.2. The number of carbonyl (C=O) groups is 1. The summed E-state index contributed by atoms with van der Waals surface area (Å²) in [7, 11) is 0. The van der Waals surface area contributed by atoms with Crippen LogP contribution in [0.4, 0.5) is 0 Å². The number of nitrogens with zero attached hydrogens (tertiary/aromatic N) is 1. The van der Waals surface area contributed by atoms with Gasteiger partial charge in [-0.1, -0.05) is 13.0 Å². The Bertz CT molecular complexity index is 238. The zero-order valence-electron chi connectivity index (χ0n) is 9.99. The van der Waals surface area contributed by atoms with Crippen LogP contribution >= 0.6 is 0 Å². The van der Waals surface area contributed by atoms with Crippen LogP contribution in [0.5, 0.6) is 0 Å². The van der Waals surface area contributed by atoms with E-state index < -0.39 is 0 Å². The number of amides is 1. The maximum atomic E-state index is 12.2. The molecule has 0 unspecified atom stereocenters. The summed E-state index contributed by atoms with van der Waals surface area (Å²) >= 11 is 0. The van der Waals surface area contributed by atoms with Crippen molar-refractivity contribution in [3.8, 4) is 0 Å². The van der Waals surface area contributed by atoms with Crippen LogP contribution in [-0.2, 0) is 4.79 Å². The molecule has 3 nitrogen and oxygen atoms in total. The minimum absolute atomic E-state index is 0.146. The summed E-state index contributed by atoms with van der Waals surface area (Å²) in [5.41, 5.74) is 0. The highest BCUT2D eigenvalue weighted by molar-refractivity contribution is 5.80. The van der Waals surface area contributed by atoms with Gasteiger partial charge < -0.3 is 10.2 Å². The SMILES string of the molecule is C=CCN(C(=O)[C@@H]1CNC[C@H]1C)C(C)C. The van der Waals surface area contributed by atoms with E-state index in [4.69, 9.17) is 0 Å². The van der Waals surface area contributed by atoms with Gasteiger partial charge >= 0.3 is 0 Å². The normalized spacial score (nSPS) is 25.6. The van der Waals surface area contributed by atoms with Crippen molar-refractivity contribution in [2.24, 2.45) is 11.8 Å². The van der Waals surface area contributed by atoms with Crippen molar-refractivity contribution in [1.82, 2.24) is 10.2 Å². The maximum Gasteiger partial charge on any atom is 0.227 e. The smallest absolute Gasteiger partial charge is 0.227 e. The molecule has 0 aliphatic carbocycles. The second kappa shape index (κ2) is 5.31. The highest BCUT2D eigenvalue weighted by Crippen LogP contribution is 2.19. The number of carbonyl (C=O) groups excluding carboxylic acids is 1. The van der Waals surface area contributed by atoms with Gasteiger partial charge in [0.1, 0.15) is 0 Å². The third-order valence-electron chi connectivity index (χ3n) is 3.07. The van der Waals surface area contributed by atoms with Crippen molar-refractivity contribution >= 4 is 5.91 Å². The van der Waals surface area contributed by atoms with Gasteiger partial charge in [-0.15, -0.1) is 6.58 Å². The molecule has 0 saturated carbocycles. The lowest BCUT2D eigenvalue weighted by Crippen LogP contribution is -2.42. The van der Waals surface area contributed by atoms with Gasteiger partial charge in [0.2, 0.25) is 5.91 Å². The van der Waals surface area contributed by atoms with Crippen LogP contribution in [0.2, 0.25) is 0 Å². The highest BCUT2D eigenvalue weighted by Gasteiger charge is 2.33. The minimum Gasteiger partial charge on any atom is -0.336 e. The molecular formula is C12H22N2O. The van der Waals surface area contributed by atoms with Crippen LogP contribution in [0.1, 0.15) is 20.8 Å². The van der Waals surface area contributed by atoms with Crippen LogP contribution in [0.3, 0.4) is 0 Å². The number of hydrogen-bond acceptors (Lipinski definition) is 2. The zero-order valence-corrected chi connectivity index (χ0v) is 9.99. The van der Waals surface area contributed by atoms with Gasteiger partial charge in [-0.3, -0.25) is 4.79 Å². The molecule has 0 spiro atoms. The van der Waals surface area contributed by atoms with Crippen LogP contribution in [0.15, 0.2) is 12.7 Å². The summed E-state index contributed by atoms with van der Waals surface area (Å²) in [5, 5.41) is 3.27. The molecule has 1 fully saturated rings. The molecule has 2 atom stereocenters. The lowest BCUT2D eigenvalue weighted by Gasteiger charge is -2.29. The molecule has 15 heavy (non-hydrogen) atoms. The minimum atomic E-state index is 0.146. The molecule has 1 N–H and O–H groups in total. The summed E-state index contributed by atoms with van der Waals surface area (Å²) in [6.07, 6.45) is 1.80. The Balaban J connectivity index is 2.66. The largest absolute Gasteiger partial charge is 0.336 e. The van der Waals surface area contributed by atoms with Gasteiger partial charge in [-0.2, -0.15) is 0 Å². The first-order valence-electron chi connectivity index (χ1n) is 5.70. The van der Waals surface area contributed by atoms with Crippen molar-refractivity contribution in [3.05, 3.63) is 12.7 Å². The Hall–Kier alpha value is -0.830. The molecule has 86 valence electrons. The number of nitrogens with one attached hydrogen (secondary N) is 1. The van der Waals surface area contributed by atoms with Gasteiger partial charge in [0, 0.05) is 19.1 Å². The first-order chi connectivity index (χ1) is 7.07. The van der Waals surface area contributed by atoms with E-state index in [9.17, 15) is 4.79 Å². The molecule has 1 aliphatic rings. The summed E-state index contributed by atoms with van der Waals surface area (Å²) in [6.45, 7) is 12.4. The van der Waals surface area contributed by atoms with E-state index in [0.717, 1.165) is 13.1 Å². The second-order valence-electron chi connectivity index (χ2n) is 4.62. The molecule has 0 bridgehead atoms. The Morgan fingerprint density at radius 2 is 2.27 bits per heavy atom. The van der Waals surface area contributed by atoms with E-state index in [1.54, 1.807) is 6.08 Å². The number of rotatable bonds is 4. The summed E-state index contributed by atoms with van der Waals surface area (Å²) in [4.78, 5) is 14.1. The fourth-order valence-electron chi connectivity index (χ4n) is 2.05. The average Bonchev–Trinajstić information content (AvgIpc) is 2.59. The molecule has 0 radical (unpaired) electrons. The van der Waals surface area contributed by atoms with Crippen LogP contribution in [-0.4, -0.2) is 36.5 Å². The van der Waals surface area contributed by atoms with E-state index in [1.807, 2.05) is 4.90 Å². The Morgan fingerprint density at radius 3 is 2.67 bits per heavy atom. The molecule has 1 rings (SSSR count). The first-order valence-corrected chi connectivity index (χ1v) is 5.70. The Labute approximate surface area is 92.5 Å². The van der Waals surface area contributed by atoms with Gasteiger partial charge in [-0.05, 0) is 26.3 Å². The van der Waals surface area contributed by atoms with E-state index in [1.165, 1.54) is 0 Å². The van der Waals surface area contributed by atoms with Gasteiger partial charge in [0.15, 0.2) is 0 Å². The summed E-state index contributed by atoms with van der Waals surface area (Å²) < 4.78 is 0. The fraction of sp³-hybridized carbons (Fsp3) is 0.750. The topological polar surface area (TPSA) is 32.3 Å². The molecule has 1 heterocycles. The standard InChI is InChI=1S/C12H22N2O/c1-5-6-14(9(2)3)12(15)11-8-13-7-10(11)4/h5,9-11,13H,1,6-8H2,2-4H3/t10-,11-/m1/s1. The monoisotopic (exact) mass is 210 g/mol. The van der Waals surface area contributed by atoms with Crippen LogP contribution < -0.4 is 5.32 Å². The molecule has 3 heteroatoms. The molecule has 0 aromatic rings. The molecule has 0 aromatic heterocycles. The summed E-state index contributed by atoms with van der Waals surface area (Å²) in [5.74, 6) is 0.860. The Morgan fingerprint density at radius 1 is 1.60 bits per heavy atom. The molecule has 1 aliphatic heterocycles. The quantitative estimate of drug-likeness (QED) is 0.709. The third kappa shape index (κ3) is 2.81. The van der Waals surface area contributed by atoms with Crippen molar-refractivity contribution in [2.45, 2.75) is 26.8 Å². The van der Waals surface area contributed by atoms with E-state index in [-0.39, 0.29) is 17.9 Å². The molecule has 1 amide bonds. The molecular weight excluding hydrogens is 188 g/mol.